The first-order valence-corrected chi connectivity index (χ1v) is 6.19. The highest BCUT2D eigenvalue weighted by Crippen LogP contribution is 2.24. The number of aromatic hydroxyl groups is 1. The minimum atomic E-state index is 0.351. The van der Waals surface area contributed by atoms with Crippen molar-refractivity contribution in [1.29, 1.82) is 0 Å². The molecule has 1 saturated heterocycles. The van der Waals surface area contributed by atoms with Gasteiger partial charge in [0.25, 0.3) is 0 Å². The molecule has 1 N–H and O–H groups in total. The van der Waals surface area contributed by atoms with Crippen LogP contribution in [0.25, 0.3) is 0 Å². The summed E-state index contributed by atoms with van der Waals surface area (Å²) in [6.07, 6.45) is 2.66. The molecule has 0 bridgehead atoms. The predicted molar refractivity (Wildman–Crippen MR) is 66.4 cm³/mol. The van der Waals surface area contributed by atoms with Gasteiger partial charge in [-0.15, -0.1) is 0 Å². The average Bonchev–Trinajstić information content (AvgIpc) is 2.28. The van der Waals surface area contributed by atoms with E-state index in [1.165, 1.54) is 24.9 Å². The summed E-state index contributed by atoms with van der Waals surface area (Å²) in [5, 5.41) is 9.24. The number of hydrogen-bond acceptors (Lipinski definition) is 2. The molecule has 1 aromatic carbocycles. The molecule has 0 saturated carbocycles. The summed E-state index contributed by atoms with van der Waals surface area (Å²) in [6.45, 7) is 6.87. The molecule has 1 aliphatic heterocycles. The van der Waals surface area contributed by atoms with Crippen molar-refractivity contribution in [1.82, 2.24) is 4.90 Å². The predicted octanol–water partition coefficient (Wildman–Crippen LogP) is 3.01. The lowest BCUT2D eigenvalue weighted by molar-refractivity contribution is 0.106. The van der Waals surface area contributed by atoms with E-state index in [1.807, 2.05) is 12.1 Å². The number of piperidine rings is 1. The van der Waals surface area contributed by atoms with E-state index in [1.54, 1.807) is 12.1 Å². The zero-order valence-electron chi connectivity index (χ0n) is 10.2. The first kappa shape index (κ1) is 11.5. The highest BCUT2D eigenvalue weighted by atomic mass is 16.3. The molecule has 1 fully saturated rings. The van der Waals surface area contributed by atoms with Crippen LogP contribution in [0.2, 0.25) is 0 Å². The second-order valence-corrected chi connectivity index (χ2v) is 5.00. The second kappa shape index (κ2) is 4.88. The molecule has 0 aromatic heterocycles. The van der Waals surface area contributed by atoms with Crippen LogP contribution in [0.4, 0.5) is 0 Å². The van der Waals surface area contributed by atoms with Gasteiger partial charge in [-0.3, -0.25) is 4.90 Å². The Morgan fingerprint density at radius 2 is 1.94 bits per heavy atom. The van der Waals surface area contributed by atoms with Crippen molar-refractivity contribution in [3.05, 3.63) is 29.8 Å². The summed E-state index contributed by atoms with van der Waals surface area (Å²) in [7, 11) is 0. The first-order valence-electron chi connectivity index (χ1n) is 6.19. The SMILES string of the molecule is CC1CCCN(Cc2ccc(O)cc2)C1C. The molecule has 1 heterocycles. The minimum Gasteiger partial charge on any atom is -0.508 e. The Balaban J connectivity index is 2.00. The lowest BCUT2D eigenvalue weighted by Crippen LogP contribution is -2.41. The van der Waals surface area contributed by atoms with Gasteiger partial charge in [0.2, 0.25) is 0 Å². The molecule has 16 heavy (non-hydrogen) atoms. The fourth-order valence-corrected chi connectivity index (χ4v) is 2.48. The van der Waals surface area contributed by atoms with E-state index in [4.69, 9.17) is 0 Å². The smallest absolute Gasteiger partial charge is 0.115 e. The van der Waals surface area contributed by atoms with Crippen LogP contribution >= 0.6 is 0 Å². The molecule has 0 spiro atoms. The Labute approximate surface area is 97.9 Å². The van der Waals surface area contributed by atoms with E-state index in [0.717, 1.165) is 12.5 Å². The summed E-state index contributed by atoms with van der Waals surface area (Å²) in [5.74, 6) is 1.15. The van der Waals surface area contributed by atoms with Crippen molar-refractivity contribution in [2.45, 2.75) is 39.3 Å². The van der Waals surface area contributed by atoms with Gasteiger partial charge in [-0.05, 0) is 49.9 Å². The maximum absolute atomic E-state index is 9.24. The third kappa shape index (κ3) is 2.56. The third-order valence-electron chi connectivity index (χ3n) is 3.83. The topological polar surface area (TPSA) is 23.5 Å². The molecule has 1 aromatic rings. The molecular weight excluding hydrogens is 198 g/mol. The van der Waals surface area contributed by atoms with Crippen molar-refractivity contribution in [3.8, 4) is 5.75 Å². The zero-order chi connectivity index (χ0) is 11.5. The lowest BCUT2D eigenvalue weighted by atomic mass is 9.92. The van der Waals surface area contributed by atoms with Gasteiger partial charge in [0.05, 0.1) is 0 Å². The van der Waals surface area contributed by atoms with Crippen LogP contribution < -0.4 is 0 Å². The molecule has 88 valence electrons. The molecular formula is C14H21NO. The number of nitrogens with zero attached hydrogens (tertiary/aromatic N) is 1. The van der Waals surface area contributed by atoms with Crippen molar-refractivity contribution in [2.75, 3.05) is 6.54 Å². The number of likely N-dealkylation sites (tertiary alicyclic amines) is 1. The van der Waals surface area contributed by atoms with Crippen molar-refractivity contribution >= 4 is 0 Å². The number of benzene rings is 1. The lowest BCUT2D eigenvalue weighted by Gasteiger charge is -2.37. The highest BCUT2D eigenvalue weighted by Gasteiger charge is 2.24. The van der Waals surface area contributed by atoms with Gasteiger partial charge in [-0.25, -0.2) is 0 Å². The molecule has 0 aliphatic carbocycles. The van der Waals surface area contributed by atoms with Crippen LogP contribution in [0, 0.1) is 5.92 Å². The summed E-state index contributed by atoms with van der Waals surface area (Å²) >= 11 is 0. The first-order chi connectivity index (χ1) is 7.66. The van der Waals surface area contributed by atoms with Crippen LogP contribution in [-0.4, -0.2) is 22.6 Å². The summed E-state index contributed by atoms with van der Waals surface area (Å²) in [4.78, 5) is 2.54. The van der Waals surface area contributed by atoms with Crippen LogP contribution in [0.5, 0.6) is 5.75 Å². The van der Waals surface area contributed by atoms with Crippen LogP contribution in [-0.2, 0) is 6.54 Å². The Kier molecular flexibility index (Phi) is 3.49. The second-order valence-electron chi connectivity index (χ2n) is 5.00. The summed E-state index contributed by atoms with van der Waals surface area (Å²) in [6, 6.07) is 8.24. The van der Waals surface area contributed by atoms with Crippen LogP contribution in [0.3, 0.4) is 0 Å². The van der Waals surface area contributed by atoms with Gasteiger partial charge in [0, 0.05) is 12.6 Å². The fraction of sp³-hybridized carbons (Fsp3) is 0.571. The molecule has 2 unspecified atom stereocenters. The van der Waals surface area contributed by atoms with Gasteiger partial charge in [0.15, 0.2) is 0 Å². The normalized spacial score (nSPS) is 26.9. The van der Waals surface area contributed by atoms with Gasteiger partial charge in [0.1, 0.15) is 5.75 Å². The Bertz CT molecular complexity index is 333. The molecule has 0 radical (unpaired) electrons. The third-order valence-corrected chi connectivity index (χ3v) is 3.83. The van der Waals surface area contributed by atoms with Crippen LogP contribution in [0.1, 0.15) is 32.3 Å². The van der Waals surface area contributed by atoms with Crippen molar-refractivity contribution < 1.29 is 5.11 Å². The number of phenolic OH excluding ortho intramolecular Hbond substituents is 1. The van der Waals surface area contributed by atoms with Gasteiger partial charge < -0.3 is 5.11 Å². The Hall–Kier alpha value is -1.02. The minimum absolute atomic E-state index is 0.351. The Morgan fingerprint density at radius 3 is 2.62 bits per heavy atom. The quantitative estimate of drug-likeness (QED) is 0.826. The van der Waals surface area contributed by atoms with Gasteiger partial charge in [-0.1, -0.05) is 19.1 Å². The van der Waals surface area contributed by atoms with Gasteiger partial charge >= 0.3 is 0 Å². The van der Waals surface area contributed by atoms with E-state index in [2.05, 4.69) is 18.7 Å². The highest BCUT2D eigenvalue weighted by molar-refractivity contribution is 5.25. The van der Waals surface area contributed by atoms with Crippen LogP contribution in [0.15, 0.2) is 24.3 Å². The number of hydrogen-bond donors (Lipinski definition) is 1. The van der Waals surface area contributed by atoms with Crippen molar-refractivity contribution in [3.63, 3.8) is 0 Å². The van der Waals surface area contributed by atoms with Gasteiger partial charge in [-0.2, -0.15) is 0 Å². The zero-order valence-corrected chi connectivity index (χ0v) is 10.2. The molecule has 2 rings (SSSR count). The molecule has 1 aliphatic rings. The largest absolute Gasteiger partial charge is 0.508 e. The number of phenols is 1. The van der Waals surface area contributed by atoms with E-state index in [-0.39, 0.29) is 0 Å². The van der Waals surface area contributed by atoms with Crippen molar-refractivity contribution in [2.24, 2.45) is 5.92 Å². The molecule has 2 nitrogen and oxygen atoms in total. The maximum Gasteiger partial charge on any atom is 0.115 e. The Morgan fingerprint density at radius 1 is 1.25 bits per heavy atom. The van der Waals surface area contributed by atoms with E-state index >= 15 is 0 Å². The standard InChI is InChI=1S/C14H21NO/c1-11-4-3-9-15(12(11)2)10-13-5-7-14(16)8-6-13/h5-8,11-12,16H,3-4,9-10H2,1-2H3. The summed E-state index contributed by atoms with van der Waals surface area (Å²) in [5.41, 5.74) is 1.29. The monoisotopic (exact) mass is 219 g/mol. The maximum atomic E-state index is 9.24. The summed E-state index contributed by atoms with van der Waals surface area (Å²) < 4.78 is 0. The molecule has 2 atom stereocenters. The molecule has 2 heteroatoms. The fourth-order valence-electron chi connectivity index (χ4n) is 2.48. The van der Waals surface area contributed by atoms with E-state index < -0.39 is 0 Å². The van der Waals surface area contributed by atoms with E-state index in [9.17, 15) is 5.11 Å². The number of rotatable bonds is 2. The average molecular weight is 219 g/mol. The molecule has 0 amide bonds. The van der Waals surface area contributed by atoms with E-state index in [0.29, 0.717) is 11.8 Å².